The third kappa shape index (κ3) is 5.56. The SMILES string of the molecule is C[C@H](Sc1nnc(COc2ccccc2Cl)n1C)C(=O)Nc1ccccc1-c1ccccc1. The van der Waals surface area contributed by atoms with Crippen molar-refractivity contribution >= 4 is 35.0 Å². The summed E-state index contributed by atoms with van der Waals surface area (Å²) in [5, 5.41) is 12.3. The first-order valence-corrected chi connectivity index (χ1v) is 11.7. The Kier molecular flexibility index (Phi) is 7.32. The molecule has 168 valence electrons. The number of para-hydroxylation sites is 2. The van der Waals surface area contributed by atoms with E-state index in [4.69, 9.17) is 16.3 Å². The zero-order valence-corrected chi connectivity index (χ0v) is 19.8. The lowest BCUT2D eigenvalue weighted by Gasteiger charge is -2.15. The fraction of sp³-hybridized carbons (Fsp3) is 0.160. The van der Waals surface area contributed by atoms with Gasteiger partial charge in [-0.25, -0.2) is 0 Å². The minimum Gasteiger partial charge on any atom is -0.484 e. The molecule has 0 aliphatic carbocycles. The summed E-state index contributed by atoms with van der Waals surface area (Å²) in [6.45, 7) is 2.07. The third-order valence-corrected chi connectivity index (χ3v) is 6.49. The number of thioether (sulfide) groups is 1. The average molecular weight is 479 g/mol. The van der Waals surface area contributed by atoms with Gasteiger partial charge in [0, 0.05) is 18.3 Å². The summed E-state index contributed by atoms with van der Waals surface area (Å²) in [7, 11) is 1.85. The maximum atomic E-state index is 12.9. The molecule has 0 saturated heterocycles. The Morgan fingerprint density at radius 2 is 1.73 bits per heavy atom. The van der Waals surface area contributed by atoms with E-state index >= 15 is 0 Å². The standard InChI is InChI=1S/C25H23ClN4O2S/c1-17(24(31)27-21-14-8-6-12-19(21)18-10-4-3-5-11-18)33-25-29-28-23(30(25)2)16-32-22-15-9-7-13-20(22)26/h3-15,17H,16H2,1-2H3,(H,27,31)/t17-/m0/s1. The Morgan fingerprint density at radius 1 is 1.03 bits per heavy atom. The molecule has 0 saturated carbocycles. The van der Waals surface area contributed by atoms with Crippen molar-refractivity contribution in [3.63, 3.8) is 0 Å². The predicted octanol–water partition coefficient (Wildman–Crippen LogP) is 5.83. The molecule has 1 atom stereocenters. The summed E-state index contributed by atoms with van der Waals surface area (Å²) >= 11 is 7.48. The highest BCUT2D eigenvalue weighted by atomic mass is 35.5. The van der Waals surface area contributed by atoms with Crippen LogP contribution in [0, 0.1) is 0 Å². The Labute approximate surface area is 202 Å². The van der Waals surface area contributed by atoms with Crippen LogP contribution in [0.3, 0.4) is 0 Å². The first-order chi connectivity index (χ1) is 16.0. The van der Waals surface area contributed by atoms with E-state index in [1.807, 2.05) is 85.3 Å². The molecule has 6 nitrogen and oxygen atoms in total. The van der Waals surface area contributed by atoms with Crippen LogP contribution < -0.4 is 10.1 Å². The van der Waals surface area contributed by atoms with Crippen LogP contribution in [0.4, 0.5) is 5.69 Å². The van der Waals surface area contributed by atoms with E-state index in [1.54, 1.807) is 12.1 Å². The van der Waals surface area contributed by atoms with Gasteiger partial charge in [-0.2, -0.15) is 0 Å². The number of ether oxygens (including phenoxy) is 1. The minimum atomic E-state index is -0.380. The van der Waals surface area contributed by atoms with Gasteiger partial charge >= 0.3 is 0 Å². The van der Waals surface area contributed by atoms with Crippen LogP contribution >= 0.6 is 23.4 Å². The summed E-state index contributed by atoms with van der Waals surface area (Å²) in [4.78, 5) is 12.9. The normalized spacial score (nSPS) is 11.7. The molecule has 0 aliphatic rings. The van der Waals surface area contributed by atoms with Crippen molar-refractivity contribution in [1.82, 2.24) is 14.8 Å². The van der Waals surface area contributed by atoms with Gasteiger partial charge in [-0.05, 0) is 30.7 Å². The molecule has 0 radical (unpaired) electrons. The smallest absolute Gasteiger partial charge is 0.237 e. The van der Waals surface area contributed by atoms with Gasteiger partial charge in [-0.15, -0.1) is 10.2 Å². The lowest BCUT2D eigenvalue weighted by atomic mass is 10.0. The van der Waals surface area contributed by atoms with Crippen LogP contribution in [0.1, 0.15) is 12.7 Å². The van der Waals surface area contributed by atoms with Crippen LogP contribution in [0.5, 0.6) is 5.75 Å². The number of halogens is 1. The van der Waals surface area contributed by atoms with Gasteiger partial charge in [0.2, 0.25) is 5.91 Å². The molecule has 1 aromatic heterocycles. The van der Waals surface area contributed by atoms with Crippen molar-refractivity contribution in [3.8, 4) is 16.9 Å². The quantitative estimate of drug-likeness (QED) is 0.322. The van der Waals surface area contributed by atoms with E-state index in [1.165, 1.54) is 11.8 Å². The Morgan fingerprint density at radius 3 is 2.52 bits per heavy atom. The average Bonchev–Trinajstić information content (AvgIpc) is 3.18. The van der Waals surface area contributed by atoms with Crippen LogP contribution in [0.2, 0.25) is 5.02 Å². The molecule has 3 aromatic carbocycles. The molecule has 0 spiro atoms. The van der Waals surface area contributed by atoms with Gasteiger partial charge in [0.15, 0.2) is 11.0 Å². The van der Waals surface area contributed by atoms with Crippen molar-refractivity contribution in [1.29, 1.82) is 0 Å². The fourth-order valence-electron chi connectivity index (χ4n) is 3.19. The second-order valence-electron chi connectivity index (χ2n) is 7.34. The van der Waals surface area contributed by atoms with Gasteiger partial charge in [-0.1, -0.05) is 84.0 Å². The van der Waals surface area contributed by atoms with Gasteiger partial charge in [0.1, 0.15) is 12.4 Å². The summed E-state index contributed by atoms with van der Waals surface area (Å²) in [6, 6.07) is 25.0. The van der Waals surface area contributed by atoms with E-state index in [2.05, 4.69) is 15.5 Å². The zero-order valence-electron chi connectivity index (χ0n) is 18.2. The Balaban J connectivity index is 1.41. The molecule has 1 heterocycles. The van der Waals surface area contributed by atoms with Gasteiger partial charge < -0.3 is 14.6 Å². The zero-order chi connectivity index (χ0) is 23.2. The van der Waals surface area contributed by atoms with Crippen molar-refractivity contribution in [3.05, 3.63) is 89.7 Å². The first-order valence-electron chi connectivity index (χ1n) is 10.4. The molecule has 0 fully saturated rings. The van der Waals surface area contributed by atoms with E-state index in [-0.39, 0.29) is 17.8 Å². The molecule has 1 amide bonds. The summed E-state index contributed by atoms with van der Waals surface area (Å²) in [6.07, 6.45) is 0. The van der Waals surface area contributed by atoms with Crippen molar-refractivity contribution in [2.45, 2.75) is 23.9 Å². The molecule has 8 heteroatoms. The highest BCUT2D eigenvalue weighted by molar-refractivity contribution is 8.00. The van der Waals surface area contributed by atoms with E-state index < -0.39 is 0 Å². The fourth-order valence-corrected chi connectivity index (χ4v) is 4.21. The summed E-state index contributed by atoms with van der Waals surface area (Å²) in [5.41, 5.74) is 2.79. The number of carbonyl (C=O) groups excluding carboxylic acids is 1. The lowest BCUT2D eigenvalue weighted by molar-refractivity contribution is -0.115. The number of benzene rings is 3. The van der Waals surface area contributed by atoms with Crippen LogP contribution in [-0.4, -0.2) is 25.9 Å². The maximum absolute atomic E-state index is 12.9. The highest BCUT2D eigenvalue weighted by Gasteiger charge is 2.20. The molecular weight excluding hydrogens is 456 g/mol. The van der Waals surface area contributed by atoms with Crippen LogP contribution in [0.25, 0.3) is 11.1 Å². The number of hydrogen-bond donors (Lipinski definition) is 1. The summed E-state index contributed by atoms with van der Waals surface area (Å²) in [5.74, 6) is 1.11. The van der Waals surface area contributed by atoms with Crippen molar-refractivity contribution < 1.29 is 9.53 Å². The number of anilines is 1. The number of aromatic nitrogens is 3. The molecular formula is C25H23ClN4O2S. The van der Waals surface area contributed by atoms with Gasteiger partial charge in [0.05, 0.1) is 10.3 Å². The summed E-state index contributed by atoms with van der Waals surface area (Å²) < 4.78 is 7.58. The second-order valence-corrected chi connectivity index (χ2v) is 9.05. The molecule has 4 rings (SSSR count). The number of hydrogen-bond acceptors (Lipinski definition) is 5. The first kappa shape index (κ1) is 22.9. The van der Waals surface area contributed by atoms with Gasteiger partial charge in [0.25, 0.3) is 0 Å². The second kappa shape index (κ2) is 10.6. The van der Waals surface area contributed by atoms with E-state index in [9.17, 15) is 4.79 Å². The maximum Gasteiger partial charge on any atom is 0.237 e. The number of amides is 1. The molecule has 0 unspecified atom stereocenters. The Bertz CT molecular complexity index is 1250. The topological polar surface area (TPSA) is 69.0 Å². The van der Waals surface area contributed by atoms with Crippen molar-refractivity contribution in [2.75, 3.05) is 5.32 Å². The largest absolute Gasteiger partial charge is 0.484 e. The predicted molar refractivity (Wildman–Crippen MR) is 133 cm³/mol. The van der Waals surface area contributed by atoms with Gasteiger partial charge in [-0.3, -0.25) is 4.79 Å². The highest BCUT2D eigenvalue weighted by Crippen LogP contribution is 2.29. The van der Waals surface area contributed by atoms with Crippen LogP contribution in [-0.2, 0) is 18.4 Å². The number of rotatable bonds is 8. The number of carbonyl (C=O) groups is 1. The Hall–Kier alpha value is -3.29. The monoisotopic (exact) mass is 478 g/mol. The molecule has 0 bridgehead atoms. The van der Waals surface area contributed by atoms with Crippen LogP contribution in [0.15, 0.2) is 84.0 Å². The number of nitrogens with one attached hydrogen (secondary N) is 1. The molecule has 4 aromatic rings. The third-order valence-electron chi connectivity index (χ3n) is 5.04. The molecule has 1 N–H and O–H groups in total. The molecule has 33 heavy (non-hydrogen) atoms. The number of nitrogens with zero attached hydrogens (tertiary/aromatic N) is 3. The lowest BCUT2D eigenvalue weighted by Crippen LogP contribution is -2.23. The van der Waals surface area contributed by atoms with E-state index in [0.29, 0.717) is 21.8 Å². The van der Waals surface area contributed by atoms with Crippen molar-refractivity contribution in [2.24, 2.45) is 7.05 Å². The molecule has 0 aliphatic heterocycles. The van der Waals surface area contributed by atoms with E-state index in [0.717, 1.165) is 16.8 Å². The minimum absolute atomic E-state index is 0.111.